The Morgan fingerprint density at radius 1 is 0.425 bits per heavy atom. The van der Waals surface area contributed by atoms with E-state index in [1.807, 2.05) is 47.0 Å². The van der Waals surface area contributed by atoms with Crippen molar-refractivity contribution in [3.05, 3.63) is 206 Å². The summed E-state index contributed by atoms with van der Waals surface area (Å²) in [5, 5.41) is 0. The average Bonchev–Trinajstić information content (AvgIpc) is 3.33. The fraction of sp³-hybridized carbons (Fsp3) is 0.180. The lowest BCUT2D eigenvalue weighted by molar-refractivity contribution is -0.691. The van der Waals surface area contributed by atoms with Gasteiger partial charge in [0, 0.05) is 10.0 Å². The Balaban J connectivity index is 0.000000370. The van der Waals surface area contributed by atoms with Crippen molar-refractivity contribution in [2.75, 3.05) is 0 Å². The molecule has 0 bridgehead atoms. The Bertz CT molecular complexity index is 2930. The maximum absolute atomic E-state index is 14.2. The highest BCUT2D eigenvalue weighted by atomic mass is 79.9. The van der Waals surface area contributed by atoms with E-state index < -0.39 is 201 Å². The summed E-state index contributed by atoms with van der Waals surface area (Å²) in [6.07, 6.45) is -49.9. The number of benzene rings is 6. The minimum absolute atomic E-state index is 0.402. The average molecular weight is 1230 g/mol. The first-order valence-electron chi connectivity index (χ1n) is 21.7. The number of hydrogen-bond acceptors (Lipinski definition) is 3. The molecule has 7 aromatic rings. The number of halogens is 25. The van der Waals surface area contributed by atoms with Crippen LogP contribution in [0.1, 0.15) is 60.6 Å². The van der Waals surface area contributed by atoms with Crippen LogP contribution in [0.3, 0.4) is 0 Å². The van der Waals surface area contributed by atoms with Gasteiger partial charge in [0.15, 0.2) is 12.7 Å². The number of nitrogens with zero attached hydrogens (tertiary/aromatic N) is 2. The van der Waals surface area contributed by atoms with Gasteiger partial charge in [0.25, 0.3) is 0 Å². The van der Waals surface area contributed by atoms with Crippen LogP contribution in [0.4, 0.5) is 105 Å². The van der Waals surface area contributed by atoms with Crippen LogP contribution in [0.2, 0.25) is 0 Å². The summed E-state index contributed by atoms with van der Waals surface area (Å²) in [4.78, 5) is 16.4. The van der Waals surface area contributed by atoms with Gasteiger partial charge in [-0.15, -0.1) is 0 Å². The molecule has 0 saturated carbocycles. The molecule has 0 saturated heterocycles. The highest BCUT2D eigenvalue weighted by Crippen LogP contribution is 2.41. The molecule has 426 valence electrons. The molecular formula is C50H26BBrF24N2O2. The van der Waals surface area contributed by atoms with Crippen LogP contribution in [0, 0.1) is 0 Å². The van der Waals surface area contributed by atoms with Crippen molar-refractivity contribution in [2.45, 2.75) is 56.0 Å². The lowest BCUT2D eigenvalue weighted by atomic mass is 9.12. The van der Waals surface area contributed by atoms with Crippen LogP contribution in [0.15, 0.2) is 150 Å². The summed E-state index contributed by atoms with van der Waals surface area (Å²) in [6.45, 7) is 0.578. The highest BCUT2D eigenvalue weighted by molar-refractivity contribution is 9.10. The molecule has 4 nitrogen and oxygen atoms in total. The van der Waals surface area contributed by atoms with Crippen LogP contribution in [0.5, 0.6) is 5.75 Å². The van der Waals surface area contributed by atoms with Crippen molar-refractivity contribution in [1.82, 2.24) is 4.98 Å². The molecular weight excluding hydrogens is 1210 g/mol. The van der Waals surface area contributed by atoms with Crippen molar-refractivity contribution < 1.29 is 119 Å². The SMILES string of the molecule is FC(F)(F)c1cc([B-](c2cc(C(F)(F)F)cc(C(F)(F)F)c2)(c2cc(C(F)(F)F)cc(C(F)(F)F)c2)c2cc(C(F)(F)F)cc(C(F)(F)F)c2)cc(C(F)(F)F)c1.O=C(Oc1ccc(Br)cc1)c1cncc[n+]1Cc1ccccc1. The van der Waals surface area contributed by atoms with Crippen LogP contribution < -0.4 is 31.2 Å². The normalized spacial score (nSPS) is 13.2. The molecule has 80 heavy (non-hydrogen) atoms. The molecule has 0 aliphatic heterocycles. The molecule has 1 aromatic heterocycles. The van der Waals surface area contributed by atoms with Gasteiger partial charge in [0.1, 0.15) is 18.1 Å². The van der Waals surface area contributed by atoms with E-state index in [4.69, 9.17) is 4.74 Å². The monoisotopic (exact) mass is 1230 g/mol. The number of alkyl halides is 24. The molecule has 30 heteroatoms. The first kappa shape index (κ1) is 61.9. The maximum Gasteiger partial charge on any atom is 0.416 e. The molecule has 0 fully saturated rings. The highest BCUT2D eigenvalue weighted by Gasteiger charge is 2.47. The van der Waals surface area contributed by atoms with Crippen molar-refractivity contribution in [2.24, 2.45) is 0 Å². The molecule has 0 atom stereocenters. The van der Waals surface area contributed by atoms with Crippen LogP contribution in [-0.4, -0.2) is 17.1 Å². The van der Waals surface area contributed by atoms with Gasteiger partial charge in [-0.1, -0.05) is 94.8 Å². The number of carbonyl (C=O) groups excluding carboxylic acids is 1. The zero-order valence-electron chi connectivity index (χ0n) is 38.8. The van der Waals surface area contributed by atoms with E-state index in [0.29, 0.717) is 18.0 Å². The van der Waals surface area contributed by atoms with Crippen LogP contribution in [-0.2, 0) is 56.0 Å². The topological polar surface area (TPSA) is 43.1 Å². The minimum atomic E-state index is -6.13. The molecule has 0 aliphatic carbocycles. The first-order valence-corrected chi connectivity index (χ1v) is 22.5. The van der Waals surface area contributed by atoms with Gasteiger partial charge in [0.05, 0.1) is 50.7 Å². The summed E-state index contributed by atoms with van der Waals surface area (Å²) >= 11 is 3.35. The maximum atomic E-state index is 14.2. The van der Waals surface area contributed by atoms with E-state index in [9.17, 15) is 110 Å². The van der Waals surface area contributed by atoms with Gasteiger partial charge < -0.3 is 4.74 Å². The Hall–Kier alpha value is -7.27. The van der Waals surface area contributed by atoms with Gasteiger partial charge >= 0.3 is 61.1 Å². The third kappa shape index (κ3) is 14.6. The molecule has 0 unspecified atom stereocenters. The molecule has 6 aromatic carbocycles. The third-order valence-corrected chi connectivity index (χ3v) is 12.2. The molecule has 0 amide bonds. The number of ether oxygens (including phenoxy) is 1. The summed E-state index contributed by atoms with van der Waals surface area (Å²) in [5.74, 6) is 0.0599. The zero-order chi connectivity index (χ0) is 60.0. The van der Waals surface area contributed by atoms with Gasteiger partial charge in [-0.05, 0) is 48.5 Å². The van der Waals surface area contributed by atoms with Gasteiger partial charge in [-0.2, -0.15) is 132 Å². The third-order valence-electron chi connectivity index (χ3n) is 11.7. The summed E-state index contributed by atoms with van der Waals surface area (Å²) in [5.41, 5.74) is -28.7. The van der Waals surface area contributed by atoms with E-state index in [2.05, 4.69) is 20.9 Å². The van der Waals surface area contributed by atoms with E-state index >= 15 is 0 Å². The molecule has 0 aliphatic rings. The number of rotatable bonds is 8. The van der Waals surface area contributed by atoms with E-state index in [0.717, 1.165) is 10.0 Å². The Kier molecular flexibility index (Phi) is 17.0. The minimum Gasteiger partial charge on any atom is -0.419 e. The quantitative estimate of drug-likeness (QED) is 0.0501. The van der Waals surface area contributed by atoms with E-state index in [-0.39, 0.29) is 0 Å². The number of hydrogen-bond donors (Lipinski definition) is 0. The van der Waals surface area contributed by atoms with Crippen LogP contribution in [0.25, 0.3) is 0 Å². The second-order valence-corrected chi connectivity index (χ2v) is 18.1. The van der Waals surface area contributed by atoms with Gasteiger partial charge in [0.2, 0.25) is 0 Å². The second kappa shape index (κ2) is 22.0. The zero-order valence-corrected chi connectivity index (χ0v) is 40.4. The fourth-order valence-corrected chi connectivity index (χ4v) is 8.47. The molecule has 0 spiro atoms. The van der Waals surface area contributed by atoms with Gasteiger partial charge in [-0.25, -0.2) is 4.79 Å². The predicted molar refractivity (Wildman–Crippen MR) is 239 cm³/mol. The Labute approximate surface area is 441 Å². The fourth-order valence-electron chi connectivity index (χ4n) is 8.21. The smallest absolute Gasteiger partial charge is 0.416 e. The standard InChI is InChI=1S/C32H12BF24.C18H14BrN2O2/c34-25(35,36)13-1-14(26(37,38)39)6-21(5-13)33(22-7-15(27(40,41)42)2-16(8-22)28(43,44)45,23-9-17(29(46,47)48)3-18(10-23)30(49,50)51)24-11-19(31(52,53)54)4-20(12-24)32(55,56)57;19-15-6-8-16(9-7-15)23-18(22)17-12-20-10-11-21(17)13-14-4-2-1-3-5-14/h1-12H;1-12H,13H2/q-1;+1. The largest absolute Gasteiger partial charge is 0.419 e. The number of esters is 1. The first-order chi connectivity index (χ1) is 36.5. The second-order valence-electron chi connectivity index (χ2n) is 17.1. The van der Waals surface area contributed by atoms with E-state index in [1.54, 1.807) is 24.5 Å². The number of aromatic nitrogens is 2. The summed E-state index contributed by atoms with van der Waals surface area (Å²) < 4.78 is 349. The van der Waals surface area contributed by atoms with Crippen molar-refractivity contribution in [1.29, 1.82) is 0 Å². The van der Waals surface area contributed by atoms with Crippen molar-refractivity contribution in [3.8, 4) is 5.75 Å². The van der Waals surface area contributed by atoms with Gasteiger partial charge in [-0.3, -0.25) is 4.98 Å². The lowest BCUT2D eigenvalue weighted by Gasteiger charge is -2.46. The molecule has 7 rings (SSSR count). The number of carbonyl (C=O) groups is 1. The van der Waals surface area contributed by atoms with Crippen molar-refractivity contribution in [3.63, 3.8) is 0 Å². The summed E-state index contributed by atoms with van der Waals surface area (Å²) in [7, 11) is 0. The molecule has 0 N–H and O–H groups in total. The molecule has 0 radical (unpaired) electrons. The Morgan fingerprint density at radius 2 is 0.713 bits per heavy atom. The van der Waals surface area contributed by atoms with Crippen LogP contribution >= 0.6 is 15.9 Å². The van der Waals surface area contributed by atoms with Crippen molar-refractivity contribution >= 4 is 49.9 Å². The summed E-state index contributed by atoms with van der Waals surface area (Å²) in [6, 6.07) is 8.23. The predicted octanol–water partition coefficient (Wildman–Crippen LogP) is 14.6. The van der Waals surface area contributed by atoms with E-state index in [1.165, 1.54) is 6.20 Å². The Morgan fingerprint density at radius 3 is 0.988 bits per heavy atom. The molecule has 1 heterocycles. The lowest BCUT2D eigenvalue weighted by Crippen LogP contribution is -2.75.